The summed E-state index contributed by atoms with van der Waals surface area (Å²) >= 11 is 0. The van der Waals surface area contributed by atoms with Crippen LogP contribution < -0.4 is 20.6 Å². The molecule has 0 saturated carbocycles. The van der Waals surface area contributed by atoms with Crippen LogP contribution in [0.2, 0.25) is 0 Å². The van der Waals surface area contributed by atoms with E-state index >= 15 is 0 Å². The fraction of sp³-hybridized carbons (Fsp3) is 0.143. The molecular formula is C21H20N8O4. The van der Waals surface area contributed by atoms with Gasteiger partial charge in [-0.15, -0.1) is 5.10 Å². The third kappa shape index (κ3) is 4.49. The molecule has 12 nitrogen and oxygen atoms in total. The van der Waals surface area contributed by atoms with Crippen molar-refractivity contribution in [2.75, 3.05) is 19.5 Å². The quantitative estimate of drug-likeness (QED) is 0.304. The lowest BCUT2D eigenvalue weighted by atomic mass is 10.1. The number of hydrogen-bond donors (Lipinski definition) is 2. The van der Waals surface area contributed by atoms with Gasteiger partial charge in [-0.05, 0) is 53.6 Å². The first-order chi connectivity index (χ1) is 16.1. The van der Waals surface area contributed by atoms with Crippen LogP contribution in [0.1, 0.15) is 23.0 Å². The Morgan fingerprint density at radius 1 is 1.21 bits per heavy atom. The standard InChI is InChI=1S/C21H20N8O4/c1-3-32-15-10-8-13(9-11-15)18-17(24-28-29(18)20-19(22)26-33-27-20)21(30)25-23-12-14-6-4-5-7-16(14)31-2/h4-12H,3H2,1-2H3,(H2,22,26)(H,25,30). The third-order valence-electron chi connectivity index (χ3n) is 4.53. The molecule has 2 aromatic heterocycles. The molecule has 2 heterocycles. The van der Waals surface area contributed by atoms with Crippen LogP contribution in [0.15, 0.2) is 58.3 Å². The fourth-order valence-corrected chi connectivity index (χ4v) is 3.04. The van der Waals surface area contributed by atoms with E-state index < -0.39 is 5.91 Å². The van der Waals surface area contributed by atoms with E-state index in [4.69, 9.17) is 15.2 Å². The summed E-state index contributed by atoms with van der Waals surface area (Å²) in [5.41, 5.74) is 9.92. The van der Waals surface area contributed by atoms with Gasteiger partial charge in [-0.1, -0.05) is 17.3 Å². The first-order valence-electron chi connectivity index (χ1n) is 9.86. The van der Waals surface area contributed by atoms with Gasteiger partial charge in [0.25, 0.3) is 5.91 Å². The Morgan fingerprint density at radius 2 is 2.00 bits per heavy atom. The SMILES string of the molecule is CCOc1ccc(-c2c(C(=O)NN=Cc3ccccc3OC)nnn2-c2nonc2N)cc1. The molecule has 0 aliphatic carbocycles. The predicted octanol–water partition coefficient (Wildman–Crippen LogP) is 2.07. The summed E-state index contributed by atoms with van der Waals surface area (Å²) < 4.78 is 16.7. The van der Waals surface area contributed by atoms with Crippen LogP contribution >= 0.6 is 0 Å². The zero-order valence-electron chi connectivity index (χ0n) is 17.8. The molecule has 4 rings (SSSR count). The number of ether oxygens (including phenoxy) is 2. The highest BCUT2D eigenvalue weighted by molar-refractivity contribution is 5.99. The number of nitrogen functional groups attached to an aromatic ring is 1. The Hall–Kier alpha value is -4.74. The topological polar surface area (TPSA) is 156 Å². The average Bonchev–Trinajstić information content (AvgIpc) is 3.46. The van der Waals surface area contributed by atoms with Gasteiger partial charge in [0.15, 0.2) is 5.69 Å². The molecule has 33 heavy (non-hydrogen) atoms. The highest BCUT2D eigenvalue weighted by Crippen LogP contribution is 2.28. The third-order valence-corrected chi connectivity index (χ3v) is 4.53. The molecular weight excluding hydrogens is 428 g/mol. The Labute approximate surface area is 188 Å². The highest BCUT2D eigenvalue weighted by atomic mass is 16.6. The summed E-state index contributed by atoms with van der Waals surface area (Å²) in [6.07, 6.45) is 1.47. The monoisotopic (exact) mass is 448 g/mol. The largest absolute Gasteiger partial charge is 0.496 e. The number of benzene rings is 2. The van der Waals surface area contributed by atoms with E-state index in [1.807, 2.05) is 19.1 Å². The summed E-state index contributed by atoms with van der Waals surface area (Å²) in [5.74, 6) is 0.795. The molecule has 0 aliphatic rings. The maximum Gasteiger partial charge on any atom is 0.294 e. The van der Waals surface area contributed by atoms with Crippen LogP contribution in [0.3, 0.4) is 0 Å². The van der Waals surface area contributed by atoms with Crippen LogP contribution in [-0.2, 0) is 0 Å². The number of hydrazone groups is 1. The molecule has 0 spiro atoms. The van der Waals surface area contributed by atoms with Crippen molar-refractivity contribution in [3.05, 3.63) is 59.8 Å². The molecule has 0 unspecified atom stereocenters. The van der Waals surface area contributed by atoms with Gasteiger partial charge in [-0.3, -0.25) is 4.79 Å². The van der Waals surface area contributed by atoms with E-state index in [-0.39, 0.29) is 17.3 Å². The number of nitrogens with two attached hydrogens (primary N) is 1. The molecule has 3 N–H and O–H groups in total. The second-order valence-electron chi connectivity index (χ2n) is 6.57. The minimum Gasteiger partial charge on any atom is -0.496 e. The van der Waals surface area contributed by atoms with Crippen molar-refractivity contribution in [2.24, 2.45) is 5.10 Å². The van der Waals surface area contributed by atoms with Gasteiger partial charge in [0.1, 0.15) is 17.2 Å². The molecule has 0 fully saturated rings. The van der Waals surface area contributed by atoms with E-state index in [0.29, 0.717) is 34.9 Å². The van der Waals surface area contributed by atoms with E-state index in [9.17, 15) is 4.79 Å². The van der Waals surface area contributed by atoms with Gasteiger partial charge >= 0.3 is 0 Å². The van der Waals surface area contributed by atoms with Gasteiger partial charge in [-0.25, -0.2) is 10.1 Å². The number of hydrogen-bond acceptors (Lipinski definition) is 10. The van der Waals surface area contributed by atoms with Gasteiger partial charge in [-0.2, -0.15) is 9.78 Å². The van der Waals surface area contributed by atoms with Gasteiger partial charge < -0.3 is 15.2 Å². The van der Waals surface area contributed by atoms with E-state index in [1.54, 1.807) is 43.5 Å². The number of para-hydroxylation sites is 1. The van der Waals surface area contributed by atoms with Gasteiger partial charge in [0.2, 0.25) is 11.6 Å². The lowest BCUT2D eigenvalue weighted by molar-refractivity contribution is 0.0950. The summed E-state index contributed by atoms with van der Waals surface area (Å²) in [6, 6.07) is 14.3. The van der Waals surface area contributed by atoms with Crippen LogP contribution in [0, 0.1) is 0 Å². The lowest BCUT2D eigenvalue weighted by Gasteiger charge is -2.08. The molecule has 0 saturated heterocycles. The Morgan fingerprint density at radius 3 is 2.70 bits per heavy atom. The van der Waals surface area contributed by atoms with Crippen LogP contribution in [0.25, 0.3) is 17.1 Å². The summed E-state index contributed by atoms with van der Waals surface area (Å²) in [7, 11) is 1.55. The maximum absolute atomic E-state index is 12.9. The summed E-state index contributed by atoms with van der Waals surface area (Å²) in [6.45, 7) is 2.42. The van der Waals surface area contributed by atoms with Crippen molar-refractivity contribution in [3.63, 3.8) is 0 Å². The number of methoxy groups -OCH3 is 1. The maximum atomic E-state index is 12.9. The van der Waals surface area contributed by atoms with Crippen LogP contribution in [0.5, 0.6) is 11.5 Å². The zero-order chi connectivity index (χ0) is 23.2. The molecule has 4 aromatic rings. The van der Waals surface area contributed by atoms with E-state index in [0.717, 1.165) is 0 Å². The minimum atomic E-state index is -0.591. The first-order valence-corrected chi connectivity index (χ1v) is 9.86. The Kier molecular flexibility index (Phi) is 6.25. The number of nitrogens with one attached hydrogen (secondary N) is 1. The normalized spacial score (nSPS) is 11.0. The molecule has 1 amide bonds. The molecule has 0 aliphatic heterocycles. The number of amides is 1. The van der Waals surface area contributed by atoms with Crippen molar-refractivity contribution in [1.29, 1.82) is 0 Å². The zero-order valence-corrected chi connectivity index (χ0v) is 17.8. The molecule has 168 valence electrons. The number of anilines is 1. The molecule has 2 aromatic carbocycles. The smallest absolute Gasteiger partial charge is 0.294 e. The van der Waals surface area contributed by atoms with E-state index in [1.165, 1.54) is 10.9 Å². The van der Waals surface area contributed by atoms with Gasteiger partial charge in [0, 0.05) is 11.1 Å². The second-order valence-corrected chi connectivity index (χ2v) is 6.57. The number of rotatable bonds is 8. The Balaban J connectivity index is 1.67. The van der Waals surface area contributed by atoms with Crippen LogP contribution in [-0.4, -0.2) is 51.1 Å². The summed E-state index contributed by atoms with van der Waals surface area (Å²) in [5, 5.41) is 19.4. The second kappa shape index (κ2) is 9.60. The summed E-state index contributed by atoms with van der Waals surface area (Å²) in [4.78, 5) is 12.9. The highest BCUT2D eigenvalue weighted by Gasteiger charge is 2.25. The van der Waals surface area contributed by atoms with E-state index in [2.05, 4.69) is 35.8 Å². The van der Waals surface area contributed by atoms with Crippen molar-refractivity contribution in [3.8, 4) is 28.6 Å². The molecule has 0 radical (unpaired) electrons. The average molecular weight is 448 g/mol. The predicted molar refractivity (Wildman–Crippen MR) is 118 cm³/mol. The number of aromatic nitrogens is 5. The fourth-order valence-electron chi connectivity index (χ4n) is 3.04. The van der Waals surface area contributed by atoms with Crippen LogP contribution in [0.4, 0.5) is 5.82 Å². The van der Waals surface area contributed by atoms with Crippen molar-refractivity contribution >= 4 is 17.9 Å². The minimum absolute atomic E-state index is 0.00117. The van der Waals surface area contributed by atoms with Crippen molar-refractivity contribution in [2.45, 2.75) is 6.92 Å². The molecule has 0 atom stereocenters. The lowest BCUT2D eigenvalue weighted by Crippen LogP contribution is -2.19. The van der Waals surface area contributed by atoms with Crippen molar-refractivity contribution < 1.29 is 18.9 Å². The Bertz CT molecular complexity index is 1280. The number of carbonyl (C=O) groups excluding carboxylic acids is 1. The first kappa shape index (κ1) is 21.5. The molecule has 12 heteroatoms. The van der Waals surface area contributed by atoms with Crippen molar-refractivity contribution in [1.82, 2.24) is 30.7 Å². The van der Waals surface area contributed by atoms with Gasteiger partial charge in [0.05, 0.1) is 19.9 Å². The number of nitrogens with zero attached hydrogens (tertiary/aromatic N) is 6. The number of carbonyl (C=O) groups is 1. The molecule has 0 bridgehead atoms.